The van der Waals surface area contributed by atoms with Gasteiger partial charge in [0, 0.05) is 12.1 Å². The van der Waals surface area contributed by atoms with Gasteiger partial charge >= 0.3 is 0 Å². The van der Waals surface area contributed by atoms with Crippen LogP contribution < -0.4 is 0 Å². The molecule has 2 aromatic carbocycles. The van der Waals surface area contributed by atoms with Crippen LogP contribution >= 0.6 is 0 Å². The van der Waals surface area contributed by atoms with E-state index in [-0.39, 0.29) is 10.6 Å². The summed E-state index contributed by atoms with van der Waals surface area (Å²) in [5.74, 6) is 0. The number of nitrogens with zero attached hydrogens (tertiary/aromatic N) is 1. The summed E-state index contributed by atoms with van der Waals surface area (Å²) in [6.45, 7) is 0. The molecule has 0 fully saturated rings. The molecule has 108 valence electrons. The fourth-order valence-corrected chi connectivity index (χ4v) is 2.47. The summed E-state index contributed by atoms with van der Waals surface area (Å²) in [7, 11) is -4.42. The van der Waals surface area contributed by atoms with Crippen LogP contribution in [0.3, 0.4) is 0 Å². The number of hydrogen-bond acceptors (Lipinski definition) is 4. The Balaban J connectivity index is 2.49. The van der Waals surface area contributed by atoms with Gasteiger partial charge in [0.25, 0.3) is 15.8 Å². The van der Waals surface area contributed by atoms with Crippen molar-refractivity contribution in [1.29, 1.82) is 0 Å². The molecule has 0 saturated carbocycles. The Kier molecular flexibility index (Phi) is 4.15. The zero-order chi connectivity index (χ0) is 15.5. The highest BCUT2D eigenvalue weighted by Gasteiger charge is 2.16. The Bertz CT molecular complexity index is 780. The number of benzene rings is 2. The van der Waals surface area contributed by atoms with E-state index >= 15 is 0 Å². The van der Waals surface area contributed by atoms with Crippen molar-refractivity contribution < 1.29 is 17.9 Å². The first-order valence-electron chi connectivity index (χ1n) is 5.87. The molecule has 0 unspecified atom stereocenters. The van der Waals surface area contributed by atoms with Gasteiger partial charge in [0.15, 0.2) is 0 Å². The van der Waals surface area contributed by atoms with Crippen LogP contribution in [0, 0.1) is 10.1 Å². The minimum absolute atomic E-state index is 0.0970. The first kappa shape index (κ1) is 14.9. The van der Waals surface area contributed by atoms with Crippen LogP contribution in [-0.2, 0) is 10.1 Å². The second kappa shape index (κ2) is 5.86. The molecule has 2 rings (SSSR count). The molecular weight excluding hydrogens is 294 g/mol. The molecule has 0 atom stereocenters. The summed E-state index contributed by atoms with van der Waals surface area (Å²) >= 11 is 0. The molecule has 0 bridgehead atoms. The van der Waals surface area contributed by atoms with Gasteiger partial charge in [-0.3, -0.25) is 14.7 Å². The van der Waals surface area contributed by atoms with E-state index < -0.39 is 15.0 Å². The van der Waals surface area contributed by atoms with Crippen LogP contribution in [0.15, 0.2) is 54.6 Å². The number of nitro groups is 1. The van der Waals surface area contributed by atoms with E-state index in [0.29, 0.717) is 11.1 Å². The number of non-ortho nitro benzene ring substituents is 1. The van der Waals surface area contributed by atoms with E-state index in [2.05, 4.69) is 0 Å². The molecule has 6 nitrogen and oxygen atoms in total. The van der Waals surface area contributed by atoms with Crippen molar-refractivity contribution in [3.63, 3.8) is 0 Å². The van der Waals surface area contributed by atoms with Crippen molar-refractivity contribution in [3.8, 4) is 0 Å². The Labute approximate surface area is 121 Å². The molecule has 0 aliphatic carbocycles. The zero-order valence-corrected chi connectivity index (χ0v) is 11.5. The summed E-state index contributed by atoms with van der Waals surface area (Å²) in [4.78, 5) is 9.76. The molecule has 0 amide bonds. The van der Waals surface area contributed by atoms with Gasteiger partial charge in [0.05, 0.1) is 4.92 Å². The van der Waals surface area contributed by atoms with Crippen LogP contribution in [0.25, 0.3) is 11.0 Å². The van der Waals surface area contributed by atoms with Crippen LogP contribution in [0.2, 0.25) is 0 Å². The highest BCUT2D eigenvalue weighted by Crippen LogP contribution is 2.24. The van der Waals surface area contributed by atoms with Crippen LogP contribution in [0.5, 0.6) is 0 Å². The molecular formula is C14H11NO5S. The maximum Gasteiger partial charge on any atom is 0.295 e. The zero-order valence-electron chi connectivity index (χ0n) is 10.7. The van der Waals surface area contributed by atoms with Crippen molar-refractivity contribution in [1.82, 2.24) is 0 Å². The van der Waals surface area contributed by atoms with E-state index in [1.807, 2.05) is 0 Å². The van der Waals surface area contributed by atoms with Crippen LogP contribution in [-0.4, -0.2) is 17.9 Å². The molecule has 1 N–H and O–H groups in total. The maximum absolute atomic E-state index is 11.5. The standard InChI is InChI=1S/C14H11NO5S/c16-15(17)13-8-6-11(7-9-13)10-14(21(18,19)20)12-4-2-1-3-5-12/h1-10H,(H,18,19,20). The normalized spacial score (nSPS) is 12.1. The van der Waals surface area contributed by atoms with Gasteiger partial charge < -0.3 is 0 Å². The van der Waals surface area contributed by atoms with Crippen molar-refractivity contribution in [2.45, 2.75) is 0 Å². The lowest BCUT2D eigenvalue weighted by atomic mass is 10.1. The summed E-state index contributed by atoms with van der Waals surface area (Å²) < 4.78 is 32.3. The Morgan fingerprint density at radius 3 is 2.10 bits per heavy atom. The highest BCUT2D eigenvalue weighted by molar-refractivity contribution is 7.95. The first-order chi connectivity index (χ1) is 9.88. The Morgan fingerprint density at radius 2 is 1.62 bits per heavy atom. The fraction of sp³-hybridized carbons (Fsp3) is 0. The molecule has 2 aromatic rings. The summed E-state index contributed by atoms with van der Waals surface area (Å²) in [5.41, 5.74) is 0.663. The van der Waals surface area contributed by atoms with Gasteiger partial charge in [-0.25, -0.2) is 0 Å². The fourth-order valence-electron chi connectivity index (χ4n) is 1.75. The molecule has 7 heteroatoms. The molecule has 0 aromatic heterocycles. The van der Waals surface area contributed by atoms with E-state index in [1.165, 1.54) is 30.3 Å². The summed E-state index contributed by atoms with van der Waals surface area (Å²) in [6.07, 6.45) is 1.26. The van der Waals surface area contributed by atoms with Gasteiger partial charge in [0.2, 0.25) is 0 Å². The lowest BCUT2D eigenvalue weighted by Gasteiger charge is -2.04. The molecule has 0 aliphatic rings. The third-order valence-electron chi connectivity index (χ3n) is 2.74. The predicted octanol–water partition coefficient (Wildman–Crippen LogP) is 2.98. The van der Waals surface area contributed by atoms with Gasteiger partial charge in [-0.15, -0.1) is 0 Å². The van der Waals surface area contributed by atoms with Gasteiger partial charge in [-0.1, -0.05) is 30.3 Å². The van der Waals surface area contributed by atoms with E-state index in [1.54, 1.807) is 30.3 Å². The SMILES string of the molecule is O=[N+]([O-])c1ccc(C=C(c2ccccc2)S(=O)(=O)O)cc1. The van der Waals surface area contributed by atoms with E-state index in [9.17, 15) is 23.1 Å². The molecule has 0 radical (unpaired) electrons. The molecule has 0 aliphatic heterocycles. The lowest BCUT2D eigenvalue weighted by molar-refractivity contribution is -0.384. The van der Waals surface area contributed by atoms with Gasteiger partial charge in [0.1, 0.15) is 4.91 Å². The van der Waals surface area contributed by atoms with Gasteiger partial charge in [-0.05, 0) is 29.3 Å². The quantitative estimate of drug-likeness (QED) is 0.405. The first-order valence-corrected chi connectivity index (χ1v) is 7.31. The summed E-state index contributed by atoms with van der Waals surface area (Å²) in [5, 5.41) is 10.6. The van der Waals surface area contributed by atoms with E-state index in [4.69, 9.17) is 0 Å². The summed E-state index contributed by atoms with van der Waals surface area (Å²) in [6, 6.07) is 13.4. The topological polar surface area (TPSA) is 97.5 Å². The van der Waals surface area contributed by atoms with Gasteiger partial charge in [-0.2, -0.15) is 8.42 Å². The van der Waals surface area contributed by atoms with Crippen molar-refractivity contribution in [3.05, 3.63) is 75.8 Å². The number of nitro benzene ring substituents is 1. The average Bonchev–Trinajstić information content (AvgIpc) is 2.45. The minimum atomic E-state index is -4.42. The third kappa shape index (κ3) is 3.74. The maximum atomic E-state index is 11.5. The van der Waals surface area contributed by atoms with Crippen molar-refractivity contribution in [2.24, 2.45) is 0 Å². The minimum Gasteiger partial charge on any atom is -0.282 e. The highest BCUT2D eigenvalue weighted by atomic mass is 32.2. The second-order valence-electron chi connectivity index (χ2n) is 4.20. The monoisotopic (exact) mass is 305 g/mol. The van der Waals surface area contributed by atoms with Crippen LogP contribution in [0.1, 0.15) is 11.1 Å². The molecule has 0 spiro atoms. The molecule has 0 heterocycles. The van der Waals surface area contributed by atoms with Crippen molar-refractivity contribution in [2.75, 3.05) is 0 Å². The average molecular weight is 305 g/mol. The van der Waals surface area contributed by atoms with Crippen molar-refractivity contribution >= 4 is 26.8 Å². The smallest absolute Gasteiger partial charge is 0.282 e. The number of hydrogen-bond donors (Lipinski definition) is 1. The molecule has 0 saturated heterocycles. The lowest BCUT2D eigenvalue weighted by Crippen LogP contribution is -2.01. The molecule has 21 heavy (non-hydrogen) atoms. The van der Waals surface area contributed by atoms with E-state index in [0.717, 1.165) is 0 Å². The Morgan fingerprint density at radius 1 is 1.05 bits per heavy atom. The predicted molar refractivity (Wildman–Crippen MR) is 79.0 cm³/mol. The third-order valence-corrected chi connectivity index (χ3v) is 3.65. The van der Waals surface area contributed by atoms with Crippen LogP contribution in [0.4, 0.5) is 5.69 Å². The number of rotatable bonds is 4. The second-order valence-corrected chi connectivity index (χ2v) is 5.59. The largest absolute Gasteiger partial charge is 0.295 e. The Hall–Kier alpha value is -2.51.